The fourth-order valence-corrected chi connectivity index (χ4v) is 4.83. The molecule has 2 N–H and O–H groups in total. The third-order valence-corrected chi connectivity index (χ3v) is 6.49. The average Bonchev–Trinajstić information content (AvgIpc) is 2.79. The Hall–Kier alpha value is -2.63. The van der Waals surface area contributed by atoms with Crippen molar-refractivity contribution < 1.29 is 18.7 Å². The number of halogens is 2. The van der Waals surface area contributed by atoms with Gasteiger partial charge in [0, 0.05) is 24.3 Å². The third-order valence-electron chi connectivity index (χ3n) is 6.49. The summed E-state index contributed by atoms with van der Waals surface area (Å²) in [5.74, 6) is -2.27. The average molecular weight is 459 g/mol. The number of carbonyl (C=O) groups is 1. The lowest BCUT2D eigenvalue weighted by atomic mass is 9.90. The quantitative estimate of drug-likeness (QED) is 0.388. The summed E-state index contributed by atoms with van der Waals surface area (Å²) in [6.45, 7) is 7.28. The van der Waals surface area contributed by atoms with Crippen LogP contribution in [0.4, 0.5) is 25.8 Å². The van der Waals surface area contributed by atoms with Crippen molar-refractivity contribution in [2.75, 3.05) is 16.8 Å². The van der Waals surface area contributed by atoms with Crippen LogP contribution in [0.3, 0.4) is 0 Å². The molecule has 2 aromatic rings. The van der Waals surface area contributed by atoms with Gasteiger partial charge in [-0.2, -0.15) is 0 Å². The van der Waals surface area contributed by atoms with E-state index in [1.807, 2.05) is 19.1 Å². The molecule has 1 unspecified atom stereocenters. The fourth-order valence-electron chi connectivity index (χ4n) is 4.83. The minimum Gasteiger partial charge on any atom is -0.481 e. The van der Waals surface area contributed by atoms with Crippen molar-refractivity contribution in [2.45, 2.75) is 77.7 Å². The van der Waals surface area contributed by atoms with E-state index in [0.717, 1.165) is 48.5 Å². The van der Waals surface area contributed by atoms with Crippen LogP contribution in [0, 0.1) is 17.6 Å². The molecule has 1 fully saturated rings. The molecule has 6 heteroatoms. The number of hydrogen-bond acceptors (Lipinski definition) is 3. The highest BCUT2D eigenvalue weighted by molar-refractivity contribution is 5.77. The summed E-state index contributed by atoms with van der Waals surface area (Å²) in [4.78, 5) is 13.8. The number of anilines is 3. The molecule has 0 aromatic heterocycles. The van der Waals surface area contributed by atoms with Gasteiger partial charge in [-0.3, -0.25) is 4.79 Å². The summed E-state index contributed by atoms with van der Waals surface area (Å²) in [5.41, 5.74) is 3.22. The first-order valence-corrected chi connectivity index (χ1v) is 12.1. The number of rotatable bonds is 10. The van der Waals surface area contributed by atoms with E-state index >= 15 is 0 Å². The van der Waals surface area contributed by atoms with Crippen molar-refractivity contribution in [2.24, 2.45) is 5.92 Å². The lowest BCUT2D eigenvalue weighted by Crippen LogP contribution is -2.39. The Kier molecular flexibility index (Phi) is 8.70. The first-order valence-electron chi connectivity index (χ1n) is 12.1. The van der Waals surface area contributed by atoms with Gasteiger partial charge in [0.1, 0.15) is 0 Å². The van der Waals surface area contributed by atoms with Gasteiger partial charge in [-0.25, -0.2) is 8.78 Å². The van der Waals surface area contributed by atoms with E-state index in [1.54, 1.807) is 0 Å². The normalized spacial score (nSPS) is 15.5. The number of carboxylic acids is 1. The maximum atomic E-state index is 13.9. The van der Waals surface area contributed by atoms with Crippen molar-refractivity contribution in [3.05, 3.63) is 53.6 Å². The predicted octanol–water partition coefficient (Wildman–Crippen LogP) is 7.47. The van der Waals surface area contributed by atoms with Crippen molar-refractivity contribution >= 4 is 23.0 Å². The molecule has 1 atom stereocenters. The summed E-state index contributed by atoms with van der Waals surface area (Å²) in [5, 5.41) is 12.7. The zero-order valence-electron chi connectivity index (χ0n) is 19.9. The Labute approximate surface area is 196 Å². The number of benzene rings is 2. The maximum Gasteiger partial charge on any atom is 0.303 e. The highest BCUT2D eigenvalue weighted by atomic mass is 19.2. The highest BCUT2D eigenvalue weighted by Crippen LogP contribution is 2.38. The van der Waals surface area contributed by atoms with E-state index in [0.29, 0.717) is 24.1 Å². The molecule has 0 saturated heterocycles. The molecule has 0 aliphatic heterocycles. The molecule has 0 radical (unpaired) electrons. The van der Waals surface area contributed by atoms with Crippen LogP contribution in [0.15, 0.2) is 36.4 Å². The van der Waals surface area contributed by atoms with Gasteiger partial charge in [-0.1, -0.05) is 46.1 Å². The zero-order valence-corrected chi connectivity index (χ0v) is 19.9. The molecular weight excluding hydrogens is 422 g/mol. The molecule has 33 heavy (non-hydrogen) atoms. The van der Waals surface area contributed by atoms with Crippen LogP contribution in [0.2, 0.25) is 0 Å². The van der Waals surface area contributed by atoms with E-state index in [9.17, 15) is 18.7 Å². The lowest BCUT2D eigenvalue weighted by molar-refractivity contribution is -0.137. The predicted molar refractivity (Wildman–Crippen MR) is 130 cm³/mol. The molecule has 1 saturated carbocycles. The van der Waals surface area contributed by atoms with Crippen LogP contribution in [-0.2, 0) is 4.79 Å². The van der Waals surface area contributed by atoms with Gasteiger partial charge >= 0.3 is 5.97 Å². The molecule has 1 aliphatic carbocycles. The Morgan fingerprint density at radius 3 is 2.42 bits per heavy atom. The minimum absolute atomic E-state index is 0.0544. The second kappa shape index (κ2) is 11.5. The molecule has 2 aromatic carbocycles. The van der Waals surface area contributed by atoms with Gasteiger partial charge in [0.25, 0.3) is 0 Å². The standard InChI is InChI=1S/C27H36F2N2O2/c1-4-19(15-27(32)33)20-10-13-26(31(17-18(2)3)22-8-6-5-7-9-22)25(14-20)30-21-11-12-23(28)24(29)16-21/h10-14,16,18-19,22,30H,4-9,15,17H2,1-3H3,(H,32,33). The molecule has 3 rings (SSSR count). The fraction of sp³-hybridized carbons (Fsp3) is 0.519. The zero-order chi connectivity index (χ0) is 24.0. The van der Waals surface area contributed by atoms with Gasteiger partial charge in [0.2, 0.25) is 0 Å². The van der Waals surface area contributed by atoms with Crippen LogP contribution in [-0.4, -0.2) is 23.7 Å². The molecule has 1 aliphatic rings. The number of nitrogens with one attached hydrogen (secondary N) is 1. The van der Waals surface area contributed by atoms with Crippen molar-refractivity contribution in [3.63, 3.8) is 0 Å². The molecule has 0 bridgehead atoms. The van der Waals surface area contributed by atoms with Gasteiger partial charge in [0.05, 0.1) is 17.8 Å². The SMILES string of the molecule is CCC(CC(=O)O)c1ccc(N(CC(C)C)C2CCCCC2)c(Nc2ccc(F)c(F)c2)c1. The number of hydrogen-bond donors (Lipinski definition) is 2. The third kappa shape index (κ3) is 6.68. The number of carboxylic acid groups (broad SMARTS) is 1. The van der Waals surface area contributed by atoms with Gasteiger partial charge in [-0.05, 0) is 60.9 Å². The maximum absolute atomic E-state index is 13.9. The van der Waals surface area contributed by atoms with E-state index < -0.39 is 17.6 Å². The summed E-state index contributed by atoms with van der Waals surface area (Å²) < 4.78 is 27.4. The Morgan fingerprint density at radius 2 is 1.82 bits per heavy atom. The second-order valence-corrected chi connectivity index (χ2v) is 9.57. The van der Waals surface area contributed by atoms with Crippen molar-refractivity contribution in [3.8, 4) is 0 Å². The highest BCUT2D eigenvalue weighted by Gasteiger charge is 2.25. The molecule has 0 heterocycles. The molecule has 180 valence electrons. The minimum atomic E-state index is -0.902. The molecule has 0 spiro atoms. The van der Waals surface area contributed by atoms with E-state index in [2.05, 4.69) is 30.1 Å². The van der Waals surface area contributed by atoms with Gasteiger partial charge in [-0.15, -0.1) is 0 Å². The summed E-state index contributed by atoms with van der Waals surface area (Å²) in [7, 11) is 0. The Balaban J connectivity index is 2.05. The first kappa shape index (κ1) is 25.0. The summed E-state index contributed by atoms with van der Waals surface area (Å²) >= 11 is 0. The van der Waals surface area contributed by atoms with E-state index in [4.69, 9.17) is 0 Å². The van der Waals surface area contributed by atoms with Crippen LogP contribution in [0.5, 0.6) is 0 Å². The van der Waals surface area contributed by atoms with Crippen LogP contribution in [0.25, 0.3) is 0 Å². The largest absolute Gasteiger partial charge is 0.481 e. The molecule has 0 amide bonds. The van der Waals surface area contributed by atoms with Gasteiger partial charge in [0.15, 0.2) is 11.6 Å². The van der Waals surface area contributed by atoms with Crippen molar-refractivity contribution in [1.82, 2.24) is 0 Å². The van der Waals surface area contributed by atoms with Crippen molar-refractivity contribution in [1.29, 1.82) is 0 Å². The summed E-state index contributed by atoms with van der Waals surface area (Å²) in [6.07, 6.45) is 6.71. The molecular formula is C27H36F2N2O2. The topological polar surface area (TPSA) is 52.6 Å². The van der Waals surface area contributed by atoms with Crippen LogP contribution in [0.1, 0.15) is 77.2 Å². The first-order chi connectivity index (χ1) is 15.8. The van der Waals surface area contributed by atoms with Crippen LogP contribution < -0.4 is 10.2 Å². The van der Waals surface area contributed by atoms with Crippen LogP contribution >= 0.6 is 0 Å². The number of nitrogens with zero attached hydrogens (tertiary/aromatic N) is 1. The Bertz CT molecular complexity index is 942. The monoisotopic (exact) mass is 458 g/mol. The lowest BCUT2D eigenvalue weighted by Gasteiger charge is -2.38. The van der Waals surface area contributed by atoms with E-state index in [1.165, 1.54) is 25.3 Å². The molecule has 4 nitrogen and oxygen atoms in total. The smallest absolute Gasteiger partial charge is 0.303 e. The number of aliphatic carboxylic acids is 1. The summed E-state index contributed by atoms with van der Waals surface area (Å²) in [6, 6.07) is 10.3. The second-order valence-electron chi connectivity index (χ2n) is 9.57. The van der Waals surface area contributed by atoms with E-state index in [-0.39, 0.29) is 12.3 Å². The Morgan fingerprint density at radius 1 is 1.09 bits per heavy atom. The van der Waals surface area contributed by atoms with Gasteiger partial charge < -0.3 is 15.3 Å².